The van der Waals surface area contributed by atoms with Crippen molar-refractivity contribution in [1.29, 1.82) is 0 Å². The second kappa shape index (κ2) is 30.1. The number of rotatable bonds is 34. The molecule has 0 spiro atoms. The molecule has 0 aromatic carbocycles. The van der Waals surface area contributed by atoms with Gasteiger partial charge in [0.25, 0.3) is 7.82 Å². The predicted octanol–water partition coefficient (Wildman–Crippen LogP) is 0.908. The Morgan fingerprint density at radius 1 is 0.896 bits per heavy atom. The molecule has 67 heavy (non-hydrogen) atoms. The SMILES string of the molecule is CCCCCCCCCCCCCCCCC(=O)SCCNC(=O)CCNC(=O)C(O)C(C)(C)COP(=O)(O)OP(=O)(O)OC[C@H]1O[C@@H](n2cnc3c(N)ncnc32)[C@H](O)[C@@H]1OP(=O)([O-])O.[Li+]. The number of unbranched alkanes of at least 4 members (excludes halogenated alkanes) is 13. The second-order valence-electron chi connectivity index (χ2n) is 16.6. The van der Waals surface area contributed by atoms with Gasteiger partial charge in [0, 0.05) is 37.1 Å². The number of carbonyl (C=O) groups excluding carboxylic acids is 3. The maximum absolute atomic E-state index is 12.7. The summed E-state index contributed by atoms with van der Waals surface area (Å²) in [4.78, 5) is 90.3. The third kappa shape index (κ3) is 22.8. The number of ether oxygens (including phenoxy) is 1. The Balaban J connectivity index is 0.0000154. The average molecular weight is 1030 g/mol. The van der Waals surface area contributed by atoms with E-state index in [0.29, 0.717) is 12.2 Å². The van der Waals surface area contributed by atoms with Crippen molar-refractivity contribution in [1.82, 2.24) is 30.2 Å². The van der Waals surface area contributed by atoms with E-state index in [-0.39, 0.29) is 60.5 Å². The van der Waals surface area contributed by atoms with Gasteiger partial charge in [-0.25, -0.2) is 24.1 Å². The molecule has 3 rings (SSSR count). The fraction of sp³-hybridized carbons (Fsp3) is 0.789. The molecule has 4 unspecified atom stereocenters. The van der Waals surface area contributed by atoms with Gasteiger partial charge in [0.1, 0.15) is 36.3 Å². The summed E-state index contributed by atoms with van der Waals surface area (Å²) < 4.78 is 62.1. The van der Waals surface area contributed by atoms with E-state index < -0.39 is 84.6 Å². The van der Waals surface area contributed by atoms with E-state index in [1.807, 2.05) is 0 Å². The number of phosphoric acid groups is 3. The van der Waals surface area contributed by atoms with Crippen LogP contribution >= 0.6 is 35.2 Å². The van der Waals surface area contributed by atoms with Crippen LogP contribution in [0.2, 0.25) is 0 Å². The Morgan fingerprint density at radius 2 is 1.48 bits per heavy atom. The quantitative estimate of drug-likeness (QED) is 0.0274. The van der Waals surface area contributed by atoms with Gasteiger partial charge in [0.2, 0.25) is 11.8 Å². The normalized spacial score (nSPS) is 20.6. The Hall–Kier alpha value is -1.84. The minimum Gasteiger partial charge on any atom is -0.756 e. The van der Waals surface area contributed by atoms with E-state index in [1.54, 1.807) is 0 Å². The zero-order valence-electron chi connectivity index (χ0n) is 38.6. The first kappa shape index (κ1) is 61.3. The molecule has 0 radical (unpaired) electrons. The number of amides is 2. The van der Waals surface area contributed by atoms with E-state index in [0.717, 1.165) is 48.2 Å². The van der Waals surface area contributed by atoms with Crippen LogP contribution in [0.3, 0.4) is 0 Å². The molecular formula is C38H67LiN7O17P3S. The second-order valence-corrected chi connectivity index (χ2v) is 22.0. The van der Waals surface area contributed by atoms with Crippen LogP contribution < -0.4 is 40.1 Å². The molecule has 9 N–H and O–H groups in total. The topological polar surface area (TPSA) is 366 Å². The van der Waals surface area contributed by atoms with E-state index in [9.17, 15) is 57.9 Å². The van der Waals surface area contributed by atoms with Gasteiger partial charge in [-0.15, -0.1) is 0 Å². The number of anilines is 1. The molecule has 29 heteroatoms. The Kier molecular flexibility index (Phi) is 27.6. The monoisotopic (exact) mass is 1030 g/mol. The van der Waals surface area contributed by atoms with Crippen molar-refractivity contribution < 1.29 is 99.3 Å². The first-order chi connectivity index (χ1) is 31.1. The van der Waals surface area contributed by atoms with Crippen LogP contribution in [-0.2, 0) is 50.7 Å². The number of thioether (sulfide) groups is 1. The van der Waals surface area contributed by atoms with Gasteiger partial charge in [-0.1, -0.05) is 116 Å². The zero-order valence-corrected chi connectivity index (χ0v) is 42.1. The number of fused-ring (bicyclic) bond motifs is 1. The number of nitrogens with two attached hydrogens (primary N) is 1. The van der Waals surface area contributed by atoms with Crippen LogP contribution in [-0.4, -0.2) is 118 Å². The summed E-state index contributed by atoms with van der Waals surface area (Å²) in [5.41, 5.74) is 4.25. The van der Waals surface area contributed by atoms with Crippen LogP contribution in [0.25, 0.3) is 11.2 Å². The van der Waals surface area contributed by atoms with Crippen LogP contribution in [0.15, 0.2) is 12.7 Å². The standard InChI is InChI=1S/C38H68N7O17P3S.Li/c1-4-5-6-7-8-9-10-11-12-13-14-15-16-17-18-29(47)66-22-21-40-28(46)19-20-41-36(50)33(49)38(2,3)24-59-65(56,57)62-64(54,55)58-23-27-32(61-63(51,52)53)31(48)37(60-27)45-26-44-30-34(39)42-25-43-35(30)45;/h25-27,31-33,37,48-49H,4-24H2,1-3H3,(H,40,46)(H,41,50)(H,54,55)(H,56,57)(H2,39,42,43)(H2,51,52,53);/q;+1/p-1/t27-,31-,32-,33?,37-;/m1./s1. The molecule has 1 aliphatic heterocycles. The van der Waals surface area contributed by atoms with Crippen LogP contribution in [0.5, 0.6) is 0 Å². The number of aromatic nitrogens is 4. The number of nitrogens with one attached hydrogen (secondary N) is 2. The summed E-state index contributed by atoms with van der Waals surface area (Å²) in [7, 11) is -16.7. The maximum atomic E-state index is 12.7. The smallest absolute Gasteiger partial charge is 0.756 e. The third-order valence-corrected chi connectivity index (χ3v) is 14.5. The first-order valence-electron chi connectivity index (χ1n) is 22.1. The van der Waals surface area contributed by atoms with Gasteiger partial charge < -0.3 is 55.4 Å². The fourth-order valence-electron chi connectivity index (χ4n) is 6.83. The minimum atomic E-state index is -5.59. The number of hydrogen-bond acceptors (Lipinski definition) is 19. The largest absolute Gasteiger partial charge is 1.00 e. The Labute approximate surface area is 407 Å². The fourth-order valence-corrected chi connectivity index (χ4v) is 10.4. The number of imidazole rings is 1. The molecule has 378 valence electrons. The van der Waals surface area contributed by atoms with E-state index in [4.69, 9.17) is 19.5 Å². The van der Waals surface area contributed by atoms with E-state index in [1.165, 1.54) is 84.5 Å². The molecule has 2 amide bonds. The number of nitrogen functional groups attached to an aromatic ring is 1. The Morgan fingerprint density at radius 3 is 2.07 bits per heavy atom. The molecule has 2 aromatic rings. The number of phosphoric ester groups is 3. The van der Waals surface area contributed by atoms with Gasteiger partial charge in [0.15, 0.2) is 22.8 Å². The number of carbonyl (C=O) groups is 3. The molecule has 2 aromatic heterocycles. The molecular weight excluding hydrogens is 958 g/mol. The molecule has 8 atom stereocenters. The molecule has 0 saturated carbocycles. The number of aliphatic hydroxyl groups is 2. The minimum absolute atomic E-state index is 0. The van der Waals surface area contributed by atoms with Gasteiger partial charge in [0.05, 0.1) is 19.5 Å². The summed E-state index contributed by atoms with van der Waals surface area (Å²) in [5.74, 6) is -1.04. The average Bonchev–Trinajstić information content (AvgIpc) is 3.80. The molecule has 24 nitrogen and oxygen atoms in total. The zero-order chi connectivity index (χ0) is 49.0. The van der Waals surface area contributed by atoms with Crippen molar-refractivity contribution in [2.24, 2.45) is 5.41 Å². The summed E-state index contributed by atoms with van der Waals surface area (Å²) >= 11 is 1.15. The first-order valence-corrected chi connectivity index (χ1v) is 27.6. The Bertz CT molecular complexity index is 1990. The number of hydrogen-bond donors (Lipinski definition) is 8. The molecule has 0 aliphatic carbocycles. The van der Waals surface area contributed by atoms with Gasteiger partial charge in [-0.05, 0) is 6.42 Å². The summed E-state index contributed by atoms with van der Waals surface area (Å²) in [6.45, 7) is 2.77. The van der Waals surface area contributed by atoms with E-state index >= 15 is 0 Å². The van der Waals surface area contributed by atoms with Crippen LogP contribution in [0, 0.1) is 5.41 Å². The van der Waals surface area contributed by atoms with Crippen molar-refractivity contribution >= 4 is 69.1 Å². The number of aliphatic hydroxyl groups excluding tert-OH is 2. The molecule has 1 saturated heterocycles. The molecule has 3 heterocycles. The van der Waals surface area contributed by atoms with Crippen molar-refractivity contribution in [3.8, 4) is 0 Å². The summed E-state index contributed by atoms with van der Waals surface area (Å²) in [5, 5.41) is 26.6. The predicted molar refractivity (Wildman–Crippen MR) is 240 cm³/mol. The number of nitrogens with zero attached hydrogens (tertiary/aromatic N) is 4. The van der Waals surface area contributed by atoms with Crippen molar-refractivity contribution in [3.63, 3.8) is 0 Å². The van der Waals surface area contributed by atoms with Gasteiger partial charge >= 0.3 is 34.5 Å². The van der Waals surface area contributed by atoms with E-state index in [2.05, 4.69) is 41.3 Å². The maximum Gasteiger partial charge on any atom is 1.00 e. The third-order valence-electron chi connectivity index (χ3n) is 10.5. The molecule has 1 aliphatic rings. The summed E-state index contributed by atoms with van der Waals surface area (Å²) in [6, 6.07) is 0. The van der Waals surface area contributed by atoms with Crippen molar-refractivity contribution in [2.75, 3.05) is 37.8 Å². The van der Waals surface area contributed by atoms with Gasteiger partial charge in [-0.3, -0.25) is 32.6 Å². The van der Waals surface area contributed by atoms with Crippen molar-refractivity contribution in [2.45, 2.75) is 154 Å². The molecule has 0 bridgehead atoms. The van der Waals surface area contributed by atoms with Crippen LogP contribution in [0.4, 0.5) is 5.82 Å². The van der Waals surface area contributed by atoms with Crippen LogP contribution in [0.1, 0.15) is 130 Å². The summed E-state index contributed by atoms with van der Waals surface area (Å²) in [6.07, 6.45) is 10.7. The molecule has 1 fully saturated rings. The van der Waals surface area contributed by atoms with Crippen molar-refractivity contribution in [3.05, 3.63) is 12.7 Å². The van der Waals surface area contributed by atoms with Gasteiger partial charge in [-0.2, -0.15) is 4.31 Å².